The highest BCUT2D eigenvalue weighted by Crippen LogP contribution is 2.37. The van der Waals surface area contributed by atoms with Gasteiger partial charge in [-0.2, -0.15) is 43.2 Å². The first-order valence-corrected chi connectivity index (χ1v) is 8.37. The normalized spacial score (nSPS) is 15.0. The van der Waals surface area contributed by atoms with Crippen molar-refractivity contribution in [3.05, 3.63) is 35.5 Å². The molecule has 14 heteroatoms. The van der Waals surface area contributed by atoms with Crippen LogP contribution in [0.4, 0.5) is 26.3 Å². The third-order valence-corrected chi connectivity index (χ3v) is 6.00. The molecular formula is C9H8ClF6NO4S2. The summed E-state index contributed by atoms with van der Waals surface area (Å²) in [5.74, 6) is 0. The van der Waals surface area contributed by atoms with Crippen molar-refractivity contribution in [2.45, 2.75) is 17.9 Å². The molecule has 0 aromatic carbocycles. The van der Waals surface area contributed by atoms with E-state index in [9.17, 15) is 43.2 Å². The Morgan fingerprint density at radius 1 is 0.957 bits per heavy atom. The minimum atomic E-state index is -6.92. The van der Waals surface area contributed by atoms with Crippen LogP contribution in [-0.4, -0.2) is 31.6 Å². The Labute approximate surface area is 132 Å². The zero-order chi connectivity index (χ0) is 18.9. The monoisotopic (exact) mass is 407 g/mol. The van der Waals surface area contributed by atoms with Crippen LogP contribution in [0, 0.1) is 0 Å². The maximum absolute atomic E-state index is 12.5. The van der Waals surface area contributed by atoms with Crippen molar-refractivity contribution < 1.29 is 43.2 Å². The fourth-order valence-corrected chi connectivity index (χ4v) is 3.68. The highest BCUT2D eigenvalue weighted by Gasteiger charge is 2.61. The summed E-state index contributed by atoms with van der Waals surface area (Å²) in [6, 6.07) is 0. The Bertz CT molecular complexity index is 689. The number of nitrogens with zero attached hydrogens (tertiary/aromatic N) is 1. The van der Waals surface area contributed by atoms with E-state index in [4.69, 9.17) is 11.6 Å². The largest absolute Gasteiger partial charge is 0.517 e. The standard InChI is InChI=1S/C9H8ClF6NO4S2/c1-3-7(10)5-4-6(2)17(22(18,19)8(11,12)13)23(20,21)9(14,15)16/h3-5H,2H2,1H3/b5-4-,7-3+. The van der Waals surface area contributed by atoms with Crippen molar-refractivity contribution in [3.63, 3.8) is 0 Å². The molecule has 0 N–H and O–H groups in total. The van der Waals surface area contributed by atoms with E-state index in [-0.39, 0.29) is 11.1 Å². The first kappa shape index (κ1) is 21.8. The van der Waals surface area contributed by atoms with E-state index in [0.29, 0.717) is 6.08 Å². The van der Waals surface area contributed by atoms with E-state index in [2.05, 4.69) is 6.58 Å². The molecule has 0 aliphatic heterocycles. The van der Waals surface area contributed by atoms with E-state index < -0.39 is 40.5 Å². The molecule has 0 unspecified atom stereocenters. The molecule has 0 rings (SSSR count). The van der Waals surface area contributed by atoms with Gasteiger partial charge in [-0.1, -0.05) is 24.3 Å². The van der Waals surface area contributed by atoms with Crippen LogP contribution in [0.3, 0.4) is 0 Å². The quantitative estimate of drug-likeness (QED) is 0.518. The number of rotatable bonds is 5. The predicted molar refractivity (Wildman–Crippen MR) is 69.7 cm³/mol. The van der Waals surface area contributed by atoms with Gasteiger partial charge in [-0.25, -0.2) is 0 Å². The summed E-state index contributed by atoms with van der Waals surface area (Å²) >= 11 is 5.39. The van der Waals surface area contributed by atoms with Crippen molar-refractivity contribution in [2.24, 2.45) is 0 Å². The average molecular weight is 408 g/mol. The summed E-state index contributed by atoms with van der Waals surface area (Å²) < 4.78 is 118. The third-order valence-electron chi connectivity index (χ3n) is 1.97. The molecule has 0 saturated carbocycles. The summed E-state index contributed by atoms with van der Waals surface area (Å²) in [6.45, 7) is 3.96. The molecular weight excluding hydrogens is 400 g/mol. The molecule has 0 amide bonds. The van der Waals surface area contributed by atoms with Crippen LogP contribution >= 0.6 is 11.6 Å². The molecule has 0 aromatic heterocycles. The van der Waals surface area contributed by atoms with Crippen molar-refractivity contribution in [2.75, 3.05) is 0 Å². The average Bonchev–Trinajstić information content (AvgIpc) is 2.32. The Balaban J connectivity index is 6.41. The van der Waals surface area contributed by atoms with Gasteiger partial charge >= 0.3 is 31.1 Å². The van der Waals surface area contributed by atoms with E-state index in [0.717, 1.165) is 6.08 Å². The summed E-state index contributed by atoms with van der Waals surface area (Å²) in [5.41, 5.74) is -14.3. The van der Waals surface area contributed by atoms with Crippen LogP contribution in [-0.2, 0) is 20.0 Å². The highest BCUT2D eigenvalue weighted by atomic mass is 35.5. The van der Waals surface area contributed by atoms with Crippen LogP contribution in [0.2, 0.25) is 0 Å². The molecule has 0 radical (unpaired) electrons. The number of halogens is 7. The summed E-state index contributed by atoms with van der Waals surface area (Å²) in [5, 5.41) is -0.222. The minimum absolute atomic E-state index is 0.222. The van der Waals surface area contributed by atoms with Gasteiger partial charge in [0.15, 0.2) is 0 Å². The summed E-state index contributed by atoms with van der Waals surface area (Å²) in [4.78, 5) is 0. The van der Waals surface area contributed by atoms with Gasteiger partial charge < -0.3 is 0 Å². The minimum Gasteiger partial charge on any atom is -0.196 e. The molecule has 0 fully saturated rings. The first-order valence-electron chi connectivity index (χ1n) is 5.12. The Kier molecular flexibility index (Phi) is 6.37. The van der Waals surface area contributed by atoms with Crippen LogP contribution in [0.1, 0.15) is 6.92 Å². The molecule has 0 spiro atoms. The van der Waals surface area contributed by atoms with Gasteiger partial charge in [0.25, 0.3) is 0 Å². The molecule has 0 atom stereocenters. The number of allylic oxidation sites excluding steroid dienone is 4. The molecule has 0 aromatic rings. The smallest absolute Gasteiger partial charge is 0.196 e. The van der Waals surface area contributed by atoms with Crippen LogP contribution in [0.5, 0.6) is 0 Å². The molecule has 134 valence electrons. The molecule has 0 saturated heterocycles. The topological polar surface area (TPSA) is 71.5 Å². The second kappa shape index (κ2) is 6.73. The second-order valence-electron chi connectivity index (χ2n) is 3.60. The Morgan fingerprint density at radius 2 is 1.30 bits per heavy atom. The molecule has 23 heavy (non-hydrogen) atoms. The fourth-order valence-electron chi connectivity index (χ4n) is 0.959. The lowest BCUT2D eigenvalue weighted by atomic mass is 10.4. The Morgan fingerprint density at radius 3 is 1.57 bits per heavy atom. The SMILES string of the molecule is C=C(/C=C\C(Cl)=C/C)N(S(=O)(=O)C(F)(F)F)S(=O)(=O)C(F)(F)F. The predicted octanol–water partition coefficient (Wildman–Crippen LogP) is 3.20. The van der Waals surface area contributed by atoms with Gasteiger partial charge in [-0.15, -0.1) is 3.71 Å². The number of alkyl halides is 6. The first-order chi connectivity index (χ1) is 10.00. The van der Waals surface area contributed by atoms with Gasteiger partial charge in [0, 0.05) is 5.03 Å². The lowest BCUT2D eigenvalue weighted by molar-refractivity contribution is -0.0519. The van der Waals surface area contributed by atoms with Crippen LogP contribution in [0.25, 0.3) is 0 Å². The fraction of sp³-hybridized carbons (Fsp3) is 0.333. The highest BCUT2D eigenvalue weighted by molar-refractivity contribution is 8.05. The van der Waals surface area contributed by atoms with E-state index in [1.807, 2.05) is 0 Å². The summed E-state index contributed by atoms with van der Waals surface area (Å²) in [6.07, 6.45) is 2.08. The lowest BCUT2D eigenvalue weighted by Crippen LogP contribution is -2.48. The molecule has 0 aliphatic rings. The van der Waals surface area contributed by atoms with Crippen molar-refractivity contribution >= 4 is 31.6 Å². The van der Waals surface area contributed by atoms with Gasteiger partial charge in [-0.05, 0) is 19.1 Å². The van der Waals surface area contributed by atoms with Gasteiger partial charge in [-0.3, -0.25) is 0 Å². The molecule has 0 aliphatic carbocycles. The maximum atomic E-state index is 12.5. The maximum Gasteiger partial charge on any atom is 0.517 e. The van der Waals surface area contributed by atoms with Crippen molar-refractivity contribution in [1.29, 1.82) is 0 Å². The van der Waals surface area contributed by atoms with E-state index in [1.54, 1.807) is 0 Å². The van der Waals surface area contributed by atoms with Crippen LogP contribution in [0.15, 0.2) is 35.5 Å². The van der Waals surface area contributed by atoms with Crippen molar-refractivity contribution in [3.8, 4) is 0 Å². The number of hydrogen-bond acceptors (Lipinski definition) is 4. The van der Waals surface area contributed by atoms with E-state index in [1.165, 1.54) is 6.92 Å². The zero-order valence-electron chi connectivity index (χ0n) is 11.0. The van der Waals surface area contributed by atoms with Gasteiger partial charge in [0.1, 0.15) is 0 Å². The number of sulfonamides is 2. The molecule has 0 bridgehead atoms. The zero-order valence-corrected chi connectivity index (χ0v) is 13.4. The number of hydrogen-bond donors (Lipinski definition) is 0. The van der Waals surface area contributed by atoms with Crippen molar-refractivity contribution in [1.82, 2.24) is 3.71 Å². The van der Waals surface area contributed by atoms with E-state index >= 15 is 0 Å². The van der Waals surface area contributed by atoms with Gasteiger partial charge in [0.2, 0.25) is 0 Å². The summed E-state index contributed by atoms with van der Waals surface area (Å²) in [7, 11) is -13.8. The molecule has 5 nitrogen and oxygen atoms in total. The second-order valence-corrected chi connectivity index (χ2v) is 7.82. The molecule has 0 heterocycles. The van der Waals surface area contributed by atoms with Crippen LogP contribution < -0.4 is 0 Å². The van der Waals surface area contributed by atoms with Gasteiger partial charge in [0.05, 0.1) is 5.70 Å². The Hall–Kier alpha value is -1.21. The lowest BCUT2D eigenvalue weighted by Gasteiger charge is -2.25. The third kappa shape index (κ3) is 4.64.